The molecule has 0 saturated heterocycles. The van der Waals surface area contributed by atoms with Crippen LogP contribution in [-0.4, -0.2) is 31.6 Å². The molecule has 33 heavy (non-hydrogen) atoms. The van der Waals surface area contributed by atoms with Gasteiger partial charge in [0, 0.05) is 19.0 Å². The van der Waals surface area contributed by atoms with Gasteiger partial charge in [0.2, 0.25) is 5.13 Å². The quantitative estimate of drug-likeness (QED) is 0.393. The van der Waals surface area contributed by atoms with E-state index in [-0.39, 0.29) is 15.5 Å². The van der Waals surface area contributed by atoms with Crippen molar-refractivity contribution in [3.05, 3.63) is 100 Å². The molecule has 0 aliphatic rings. The number of benzene rings is 3. The molecule has 1 N–H and O–H groups in total. The highest BCUT2D eigenvalue weighted by molar-refractivity contribution is 7.93. The fraction of sp³-hybridized carbons (Fsp3) is 0.0870. The van der Waals surface area contributed by atoms with Gasteiger partial charge in [-0.15, -0.1) is 10.2 Å². The van der Waals surface area contributed by atoms with E-state index in [2.05, 4.69) is 15.5 Å². The van der Waals surface area contributed by atoms with E-state index >= 15 is 0 Å². The van der Waals surface area contributed by atoms with Crippen LogP contribution >= 0.6 is 22.9 Å². The van der Waals surface area contributed by atoms with Gasteiger partial charge in [-0.25, -0.2) is 8.42 Å². The Labute approximate surface area is 200 Å². The van der Waals surface area contributed by atoms with Gasteiger partial charge in [-0.2, -0.15) is 0 Å². The molecule has 0 fully saturated rings. The molecule has 0 aliphatic carbocycles. The summed E-state index contributed by atoms with van der Waals surface area (Å²) in [5.41, 5.74) is 1.70. The van der Waals surface area contributed by atoms with Gasteiger partial charge in [0.25, 0.3) is 15.9 Å². The van der Waals surface area contributed by atoms with E-state index in [0.29, 0.717) is 17.2 Å². The van der Waals surface area contributed by atoms with Crippen molar-refractivity contribution >= 4 is 49.7 Å². The predicted molar refractivity (Wildman–Crippen MR) is 131 cm³/mol. The molecule has 7 nitrogen and oxygen atoms in total. The van der Waals surface area contributed by atoms with Crippen molar-refractivity contribution in [2.75, 3.05) is 16.7 Å². The van der Waals surface area contributed by atoms with Crippen molar-refractivity contribution < 1.29 is 13.2 Å². The van der Waals surface area contributed by atoms with Crippen LogP contribution in [0.2, 0.25) is 5.02 Å². The third-order valence-electron chi connectivity index (χ3n) is 4.84. The van der Waals surface area contributed by atoms with E-state index < -0.39 is 15.9 Å². The fourth-order valence-electron chi connectivity index (χ4n) is 3.08. The summed E-state index contributed by atoms with van der Waals surface area (Å²) in [5, 5.41) is 11.9. The largest absolute Gasteiger partial charge is 0.296 e. The molecule has 0 radical (unpaired) electrons. The van der Waals surface area contributed by atoms with E-state index in [0.717, 1.165) is 14.9 Å². The number of hydrogen-bond acceptors (Lipinski definition) is 6. The van der Waals surface area contributed by atoms with Gasteiger partial charge in [-0.3, -0.25) is 14.4 Å². The fourth-order valence-corrected chi connectivity index (χ4v) is 5.55. The Hall–Kier alpha value is -3.27. The molecule has 0 spiro atoms. The Kier molecular flexibility index (Phi) is 6.73. The normalized spacial score (nSPS) is 11.2. The number of carbonyl (C=O) groups excluding carboxylic acids is 1. The highest BCUT2D eigenvalue weighted by Gasteiger charge is 2.25. The van der Waals surface area contributed by atoms with Gasteiger partial charge in [-0.05, 0) is 35.9 Å². The van der Waals surface area contributed by atoms with Crippen molar-refractivity contribution in [3.8, 4) is 0 Å². The van der Waals surface area contributed by atoms with E-state index in [1.807, 2.05) is 30.3 Å². The molecule has 0 aliphatic heterocycles. The number of para-hydroxylation sites is 1. The maximum absolute atomic E-state index is 13.2. The number of carbonyl (C=O) groups is 1. The second-order valence-corrected chi connectivity index (χ2v) is 10.5. The van der Waals surface area contributed by atoms with Crippen molar-refractivity contribution in [2.24, 2.45) is 0 Å². The Bertz CT molecular complexity index is 1380. The van der Waals surface area contributed by atoms with Crippen LogP contribution in [0, 0.1) is 0 Å². The zero-order valence-electron chi connectivity index (χ0n) is 17.5. The van der Waals surface area contributed by atoms with Crippen molar-refractivity contribution in [1.82, 2.24) is 10.2 Å². The summed E-state index contributed by atoms with van der Waals surface area (Å²) >= 11 is 7.46. The van der Waals surface area contributed by atoms with Crippen LogP contribution in [0.15, 0.2) is 83.8 Å². The van der Waals surface area contributed by atoms with Gasteiger partial charge in [0.15, 0.2) is 0 Å². The van der Waals surface area contributed by atoms with Crippen LogP contribution < -0.4 is 9.62 Å². The molecule has 168 valence electrons. The third kappa shape index (κ3) is 5.22. The van der Waals surface area contributed by atoms with Gasteiger partial charge in [0.05, 0.1) is 10.7 Å². The summed E-state index contributed by atoms with van der Waals surface area (Å²) in [7, 11) is -2.55. The molecule has 0 unspecified atom stereocenters. The van der Waals surface area contributed by atoms with Crippen LogP contribution in [0.4, 0.5) is 10.8 Å². The maximum atomic E-state index is 13.2. The molecule has 4 rings (SSSR count). The molecule has 4 aromatic rings. The summed E-state index contributed by atoms with van der Waals surface area (Å²) in [4.78, 5) is 12.6. The number of nitrogens with one attached hydrogen (secondary N) is 1. The SMILES string of the molecule is CN(c1ccccc1)S(=O)(=O)c1cc(C(=O)Nc2nnc(Cc3ccccc3)s2)ccc1Cl. The highest BCUT2D eigenvalue weighted by atomic mass is 35.5. The minimum Gasteiger partial charge on any atom is -0.296 e. The molecule has 10 heteroatoms. The molecule has 0 atom stereocenters. The van der Waals surface area contributed by atoms with Crippen molar-refractivity contribution in [2.45, 2.75) is 11.3 Å². The van der Waals surface area contributed by atoms with E-state index in [1.54, 1.807) is 30.3 Å². The zero-order valence-corrected chi connectivity index (χ0v) is 19.9. The number of aromatic nitrogens is 2. The summed E-state index contributed by atoms with van der Waals surface area (Å²) in [6.07, 6.45) is 0.601. The lowest BCUT2D eigenvalue weighted by molar-refractivity contribution is 0.102. The molecular formula is C23H19ClN4O3S2. The Morgan fingerprint density at radius 2 is 1.67 bits per heavy atom. The molecule has 1 aromatic heterocycles. The van der Waals surface area contributed by atoms with Gasteiger partial charge < -0.3 is 0 Å². The first-order valence-corrected chi connectivity index (χ1v) is 12.5. The number of rotatable bonds is 7. The van der Waals surface area contributed by atoms with Gasteiger partial charge in [-0.1, -0.05) is 71.5 Å². The first-order chi connectivity index (χ1) is 15.8. The predicted octanol–water partition coefficient (Wildman–Crippen LogP) is 4.86. The van der Waals surface area contributed by atoms with Crippen LogP contribution in [0.1, 0.15) is 20.9 Å². The molecule has 0 bridgehead atoms. The first-order valence-electron chi connectivity index (χ1n) is 9.86. The summed E-state index contributed by atoms with van der Waals surface area (Å²) < 4.78 is 27.4. The maximum Gasteiger partial charge on any atom is 0.265 e. The van der Waals surface area contributed by atoms with Crippen LogP contribution in [-0.2, 0) is 16.4 Å². The number of nitrogens with zero attached hydrogens (tertiary/aromatic N) is 3. The summed E-state index contributed by atoms with van der Waals surface area (Å²) in [5.74, 6) is -0.507. The number of anilines is 2. The lowest BCUT2D eigenvalue weighted by Crippen LogP contribution is -2.27. The third-order valence-corrected chi connectivity index (χ3v) is 7.94. The van der Waals surface area contributed by atoms with E-state index in [1.165, 1.54) is 36.6 Å². The van der Waals surface area contributed by atoms with Crippen molar-refractivity contribution in [3.63, 3.8) is 0 Å². The second-order valence-electron chi connectivity index (χ2n) is 7.07. The van der Waals surface area contributed by atoms with E-state index in [9.17, 15) is 13.2 Å². The minimum atomic E-state index is -3.99. The average molecular weight is 499 g/mol. The average Bonchev–Trinajstić information content (AvgIpc) is 3.26. The standard InChI is InChI=1S/C23H19ClN4O3S2/c1-28(18-10-6-3-7-11-18)33(30,31)20-15-17(12-13-19(20)24)22(29)25-23-27-26-21(32-23)14-16-8-4-2-5-9-16/h2-13,15H,14H2,1H3,(H,25,27,29). The van der Waals surface area contributed by atoms with Gasteiger partial charge in [0.1, 0.15) is 9.90 Å². The highest BCUT2D eigenvalue weighted by Crippen LogP contribution is 2.29. The zero-order chi connectivity index (χ0) is 23.4. The van der Waals surface area contributed by atoms with Crippen molar-refractivity contribution in [1.29, 1.82) is 0 Å². The minimum absolute atomic E-state index is 0.0235. The topological polar surface area (TPSA) is 92.3 Å². The lowest BCUT2D eigenvalue weighted by atomic mass is 10.2. The Balaban J connectivity index is 1.53. The first kappa shape index (κ1) is 22.9. The van der Waals surface area contributed by atoms with Crippen LogP contribution in [0.5, 0.6) is 0 Å². The van der Waals surface area contributed by atoms with Crippen LogP contribution in [0.25, 0.3) is 0 Å². The molecule has 0 saturated carbocycles. The number of sulfonamides is 1. The molecular weight excluding hydrogens is 480 g/mol. The lowest BCUT2D eigenvalue weighted by Gasteiger charge is -2.20. The van der Waals surface area contributed by atoms with E-state index in [4.69, 9.17) is 11.6 Å². The summed E-state index contributed by atoms with van der Waals surface area (Å²) in [6, 6.07) is 22.5. The van der Waals surface area contributed by atoms with Gasteiger partial charge >= 0.3 is 0 Å². The molecule has 1 amide bonds. The number of amides is 1. The number of halogens is 1. The summed E-state index contributed by atoms with van der Waals surface area (Å²) in [6.45, 7) is 0. The Morgan fingerprint density at radius 3 is 2.36 bits per heavy atom. The molecule has 1 heterocycles. The second kappa shape index (κ2) is 9.70. The Morgan fingerprint density at radius 1 is 1.00 bits per heavy atom. The van der Waals surface area contributed by atoms with Crippen LogP contribution in [0.3, 0.4) is 0 Å². The monoisotopic (exact) mass is 498 g/mol. The molecule has 3 aromatic carbocycles. The number of hydrogen-bond donors (Lipinski definition) is 1. The smallest absolute Gasteiger partial charge is 0.265 e.